The van der Waals surface area contributed by atoms with E-state index in [-0.39, 0.29) is 5.97 Å². The van der Waals surface area contributed by atoms with Gasteiger partial charge in [0.2, 0.25) is 0 Å². The van der Waals surface area contributed by atoms with Crippen LogP contribution in [0.15, 0.2) is 0 Å². The van der Waals surface area contributed by atoms with E-state index in [0.29, 0.717) is 0 Å². The van der Waals surface area contributed by atoms with E-state index in [1.54, 1.807) is 0 Å². The summed E-state index contributed by atoms with van der Waals surface area (Å²) in [5, 5.41) is 8.78. The lowest BCUT2D eigenvalue weighted by Crippen LogP contribution is -2.30. The molecule has 0 fully saturated rings. The van der Waals surface area contributed by atoms with Crippen LogP contribution in [0.5, 0.6) is 0 Å². The van der Waals surface area contributed by atoms with Crippen LogP contribution in [-0.2, 0) is 9.53 Å². The van der Waals surface area contributed by atoms with Crippen LogP contribution in [0.3, 0.4) is 0 Å². The number of esters is 1. The van der Waals surface area contributed by atoms with Crippen molar-refractivity contribution in [2.24, 2.45) is 5.41 Å². The average Bonchev–Trinajstić information content (AvgIpc) is 2.40. The SMILES string of the molecule is CCCCCCC(C)(CCCCCC)C(=O)OCO. The summed E-state index contributed by atoms with van der Waals surface area (Å²) in [7, 11) is 0. The molecule has 0 heterocycles. The van der Waals surface area contributed by atoms with Crippen molar-refractivity contribution in [3.63, 3.8) is 0 Å². The van der Waals surface area contributed by atoms with E-state index in [0.717, 1.165) is 25.7 Å². The first-order valence-corrected chi connectivity index (χ1v) is 7.88. The first-order valence-electron chi connectivity index (χ1n) is 7.88. The van der Waals surface area contributed by atoms with Gasteiger partial charge in [-0.2, -0.15) is 0 Å². The fourth-order valence-corrected chi connectivity index (χ4v) is 2.45. The molecule has 0 rings (SSSR count). The Morgan fingerprint density at radius 3 is 1.79 bits per heavy atom. The molecule has 0 aliphatic heterocycles. The maximum Gasteiger partial charge on any atom is 0.313 e. The molecule has 3 nitrogen and oxygen atoms in total. The molecule has 0 unspecified atom stereocenters. The van der Waals surface area contributed by atoms with E-state index in [1.165, 1.54) is 38.5 Å². The van der Waals surface area contributed by atoms with Crippen LogP contribution >= 0.6 is 0 Å². The van der Waals surface area contributed by atoms with E-state index in [2.05, 4.69) is 13.8 Å². The molecule has 0 aromatic heterocycles. The second kappa shape index (κ2) is 11.3. The molecule has 0 amide bonds. The average molecular weight is 272 g/mol. The molecule has 114 valence electrons. The molecule has 0 aliphatic carbocycles. The van der Waals surface area contributed by atoms with Crippen molar-refractivity contribution in [2.75, 3.05) is 6.79 Å². The van der Waals surface area contributed by atoms with Crippen molar-refractivity contribution in [1.29, 1.82) is 0 Å². The molecule has 19 heavy (non-hydrogen) atoms. The minimum Gasteiger partial charge on any atom is -0.438 e. The van der Waals surface area contributed by atoms with Gasteiger partial charge in [0.25, 0.3) is 0 Å². The summed E-state index contributed by atoms with van der Waals surface area (Å²) in [6.07, 6.45) is 11.1. The number of carbonyl (C=O) groups excluding carboxylic acids is 1. The van der Waals surface area contributed by atoms with Crippen LogP contribution in [0, 0.1) is 5.41 Å². The van der Waals surface area contributed by atoms with Crippen LogP contribution in [0.25, 0.3) is 0 Å². The van der Waals surface area contributed by atoms with Crippen molar-refractivity contribution >= 4 is 5.97 Å². The van der Waals surface area contributed by atoms with Crippen molar-refractivity contribution < 1.29 is 14.6 Å². The summed E-state index contributed by atoms with van der Waals surface area (Å²) < 4.78 is 4.84. The monoisotopic (exact) mass is 272 g/mol. The van der Waals surface area contributed by atoms with Gasteiger partial charge in [-0.3, -0.25) is 4.79 Å². The normalized spacial score (nSPS) is 11.6. The van der Waals surface area contributed by atoms with E-state index in [9.17, 15) is 4.79 Å². The minimum atomic E-state index is -0.502. The Morgan fingerprint density at radius 1 is 0.947 bits per heavy atom. The van der Waals surface area contributed by atoms with Crippen molar-refractivity contribution in [3.8, 4) is 0 Å². The summed E-state index contributed by atoms with van der Waals surface area (Å²) in [5.41, 5.74) is -0.412. The maximum absolute atomic E-state index is 12.0. The van der Waals surface area contributed by atoms with Crippen LogP contribution in [0.4, 0.5) is 0 Å². The molecule has 0 aromatic carbocycles. The predicted molar refractivity (Wildman–Crippen MR) is 78.8 cm³/mol. The summed E-state index contributed by atoms with van der Waals surface area (Å²) in [6, 6.07) is 0. The summed E-state index contributed by atoms with van der Waals surface area (Å²) in [5.74, 6) is -0.233. The van der Waals surface area contributed by atoms with Crippen LogP contribution in [-0.4, -0.2) is 17.9 Å². The quantitative estimate of drug-likeness (QED) is 0.325. The van der Waals surface area contributed by atoms with Gasteiger partial charge in [0.15, 0.2) is 6.79 Å². The molecule has 0 atom stereocenters. The zero-order valence-corrected chi connectivity index (χ0v) is 13.0. The first-order chi connectivity index (χ1) is 9.10. The molecule has 3 heteroatoms. The van der Waals surface area contributed by atoms with E-state index < -0.39 is 12.2 Å². The number of ether oxygens (including phenoxy) is 1. The number of unbranched alkanes of at least 4 members (excludes halogenated alkanes) is 6. The largest absolute Gasteiger partial charge is 0.438 e. The van der Waals surface area contributed by atoms with Crippen LogP contribution in [0.2, 0.25) is 0 Å². The van der Waals surface area contributed by atoms with Gasteiger partial charge >= 0.3 is 5.97 Å². The highest BCUT2D eigenvalue weighted by Gasteiger charge is 2.33. The molecule has 1 N–H and O–H groups in total. The minimum absolute atomic E-state index is 0.233. The van der Waals surface area contributed by atoms with Gasteiger partial charge < -0.3 is 9.84 Å². The molecule has 0 saturated carbocycles. The van der Waals surface area contributed by atoms with E-state index >= 15 is 0 Å². The molecule has 0 bridgehead atoms. The van der Waals surface area contributed by atoms with E-state index in [4.69, 9.17) is 9.84 Å². The number of rotatable bonds is 12. The second-order valence-corrected chi connectivity index (χ2v) is 5.74. The third kappa shape index (κ3) is 8.25. The molecule has 0 spiro atoms. The zero-order valence-electron chi connectivity index (χ0n) is 13.0. The summed E-state index contributed by atoms with van der Waals surface area (Å²) in [4.78, 5) is 12.0. The highest BCUT2D eigenvalue weighted by atomic mass is 16.6. The Morgan fingerprint density at radius 2 is 1.42 bits per heavy atom. The van der Waals surface area contributed by atoms with Crippen LogP contribution < -0.4 is 0 Å². The number of aliphatic hydroxyl groups excluding tert-OH is 1. The summed E-state index contributed by atoms with van der Waals surface area (Å²) in [6.45, 7) is 5.86. The Hall–Kier alpha value is -0.570. The molecule has 0 radical (unpaired) electrons. The number of hydrogen-bond acceptors (Lipinski definition) is 3. The lowest BCUT2D eigenvalue weighted by molar-refractivity contribution is -0.164. The number of hydrogen-bond donors (Lipinski definition) is 1. The summed E-state index contributed by atoms with van der Waals surface area (Å²) >= 11 is 0. The lowest BCUT2D eigenvalue weighted by Gasteiger charge is -2.27. The topological polar surface area (TPSA) is 46.5 Å². The first kappa shape index (κ1) is 18.4. The Bertz CT molecular complexity index is 214. The molecule has 0 aliphatic rings. The van der Waals surface area contributed by atoms with Gasteiger partial charge in [-0.1, -0.05) is 65.2 Å². The third-order valence-corrected chi connectivity index (χ3v) is 3.85. The van der Waals surface area contributed by atoms with Gasteiger partial charge in [0, 0.05) is 0 Å². The number of carbonyl (C=O) groups is 1. The van der Waals surface area contributed by atoms with Gasteiger partial charge in [-0.15, -0.1) is 0 Å². The van der Waals surface area contributed by atoms with Crippen molar-refractivity contribution in [2.45, 2.75) is 85.0 Å². The predicted octanol–water partition coefficient (Wildman–Crippen LogP) is 4.43. The number of aliphatic hydroxyl groups is 1. The third-order valence-electron chi connectivity index (χ3n) is 3.85. The smallest absolute Gasteiger partial charge is 0.313 e. The fraction of sp³-hybridized carbons (Fsp3) is 0.938. The van der Waals surface area contributed by atoms with Gasteiger partial charge in [0.1, 0.15) is 0 Å². The highest BCUT2D eigenvalue weighted by Crippen LogP contribution is 2.32. The molecule has 0 saturated heterocycles. The van der Waals surface area contributed by atoms with E-state index in [1.807, 2.05) is 6.92 Å². The molecular weight excluding hydrogens is 240 g/mol. The lowest BCUT2D eigenvalue weighted by atomic mass is 9.79. The molecular formula is C16H32O3. The molecule has 0 aromatic rings. The van der Waals surface area contributed by atoms with Gasteiger partial charge in [0.05, 0.1) is 5.41 Å². The standard InChI is InChI=1S/C16H32O3/c1-4-6-8-10-12-16(3,15(18)19-14-17)13-11-9-7-5-2/h17H,4-14H2,1-3H3. The Labute approximate surface area is 118 Å². The van der Waals surface area contributed by atoms with Gasteiger partial charge in [-0.25, -0.2) is 0 Å². The fourth-order valence-electron chi connectivity index (χ4n) is 2.45. The highest BCUT2D eigenvalue weighted by molar-refractivity contribution is 5.76. The Balaban J connectivity index is 4.23. The zero-order chi connectivity index (χ0) is 14.6. The van der Waals surface area contributed by atoms with Crippen molar-refractivity contribution in [3.05, 3.63) is 0 Å². The van der Waals surface area contributed by atoms with Crippen LogP contribution in [0.1, 0.15) is 85.0 Å². The van der Waals surface area contributed by atoms with Gasteiger partial charge in [-0.05, 0) is 19.8 Å². The van der Waals surface area contributed by atoms with Crippen molar-refractivity contribution in [1.82, 2.24) is 0 Å². The Kier molecular flexibility index (Phi) is 10.9. The second-order valence-electron chi connectivity index (χ2n) is 5.74. The maximum atomic E-state index is 12.0.